The van der Waals surface area contributed by atoms with Crippen LogP contribution in [0, 0.1) is 0 Å². The summed E-state index contributed by atoms with van der Waals surface area (Å²) in [4.78, 5) is 31.0. The summed E-state index contributed by atoms with van der Waals surface area (Å²) >= 11 is 0. The van der Waals surface area contributed by atoms with Crippen molar-refractivity contribution in [3.8, 4) is 0 Å². The fourth-order valence-corrected chi connectivity index (χ4v) is 3.32. The van der Waals surface area contributed by atoms with Gasteiger partial charge in [0.05, 0.1) is 17.6 Å². The van der Waals surface area contributed by atoms with Crippen LogP contribution in [0.3, 0.4) is 0 Å². The molecule has 142 valence electrons. The molecular formula is C22H21N3O3. The number of rotatable bonds is 3. The van der Waals surface area contributed by atoms with E-state index in [1.54, 1.807) is 26.8 Å². The Balaban J connectivity index is 1.50. The Morgan fingerprint density at radius 3 is 1.75 bits per heavy atom. The molecular weight excluding hydrogens is 354 g/mol. The quantitative estimate of drug-likeness (QED) is 0.695. The monoisotopic (exact) mass is 375 g/mol. The van der Waals surface area contributed by atoms with Gasteiger partial charge in [-0.25, -0.2) is 4.79 Å². The van der Waals surface area contributed by atoms with Crippen LogP contribution in [0.15, 0.2) is 83.5 Å². The number of para-hydroxylation sites is 2. The maximum atomic E-state index is 13.3. The maximum Gasteiger partial charge on any atom is 0.329 e. The van der Waals surface area contributed by atoms with E-state index in [1.165, 1.54) is 6.26 Å². The van der Waals surface area contributed by atoms with Crippen molar-refractivity contribution in [2.45, 2.75) is 0 Å². The number of nitrogens with zero attached hydrogens (tertiary/aromatic N) is 3. The zero-order chi connectivity index (χ0) is 19.3. The van der Waals surface area contributed by atoms with Crippen molar-refractivity contribution in [2.75, 3.05) is 31.1 Å². The first kappa shape index (κ1) is 17.9. The van der Waals surface area contributed by atoms with Gasteiger partial charge >= 0.3 is 6.03 Å². The van der Waals surface area contributed by atoms with Crippen LogP contribution in [-0.2, 0) is 0 Å². The van der Waals surface area contributed by atoms with Gasteiger partial charge in [0.1, 0.15) is 0 Å². The van der Waals surface area contributed by atoms with E-state index in [0.717, 1.165) is 11.4 Å². The summed E-state index contributed by atoms with van der Waals surface area (Å²) in [6.07, 6.45) is 1.49. The van der Waals surface area contributed by atoms with Crippen molar-refractivity contribution in [3.63, 3.8) is 0 Å². The van der Waals surface area contributed by atoms with Gasteiger partial charge in [0.2, 0.25) is 0 Å². The normalized spacial score (nSPS) is 14.0. The van der Waals surface area contributed by atoms with E-state index in [1.807, 2.05) is 60.7 Å². The largest absolute Gasteiger partial charge is 0.459 e. The van der Waals surface area contributed by atoms with Crippen molar-refractivity contribution in [1.82, 2.24) is 9.80 Å². The van der Waals surface area contributed by atoms with E-state index < -0.39 is 0 Å². The number of urea groups is 1. The molecule has 6 nitrogen and oxygen atoms in total. The first-order valence-electron chi connectivity index (χ1n) is 9.26. The first-order valence-corrected chi connectivity index (χ1v) is 9.26. The van der Waals surface area contributed by atoms with Crippen molar-refractivity contribution in [2.24, 2.45) is 0 Å². The molecule has 0 unspecified atom stereocenters. The van der Waals surface area contributed by atoms with E-state index in [0.29, 0.717) is 31.9 Å². The molecule has 1 fully saturated rings. The number of carbonyl (C=O) groups excluding carboxylic acids is 2. The molecule has 1 aliphatic heterocycles. The summed E-state index contributed by atoms with van der Waals surface area (Å²) in [7, 11) is 0. The molecule has 1 saturated heterocycles. The van der Waals surface area contributed by atoms with Gasteiger partial charge in [-0.3, -0.25) is 9.69 Å². The van der Waals surface area contributed by atoms with Crippen molar-refractivity contribution in [3.05, 3.63) is 84.8 Å². The molecule has 0 atom stereocenters. The Labute approximate surface area is 163 Å². The molecule has 6 heteroatoms. The molecule has 0 bridgehead atoms. The number of carbonyl (C=O) groups is 2. The molecule has 0 N–H and O–H groups in total. The summed E-state index contributed by atoms with van der Waals surface area (Å²) in [6, 6.07) is 22.5. The lowest BCUT2D eigenvalue weighted by Gasteiger charge is -2.37. The molecule has 1 aliphatic rings. The fourth-order valence-electron chi connectivity index (χ4n) is 3.32. The van der Waals surface area contributed by atoms with E-state index >= 15 is 0 Å². The molecule has 3 aromatic rings. The Bertz CT molecular complexity index is 879. The van der Waals surface area contributed by atoms with Gasteiger partial charge in [0.15, 0.2) is 5.76 Å². The zero-order valence-electron chi connectivity index (χ0n) is 15.4. The molecule has 3 amide bonds. The number of anilines is 2. The molecule has 0 radical (unpaired) electrons. The zero-order valence-corrected chi connectivity index (χ0v) is 15.4. The van der Waals surface area contributed by atoms with Crippen LogP contribution >= 0.6 is 0 Å². The summed E-state index contributed by atoms with van der Waals surface area (Å²) in [5.74, 6) is 0.190. The van der Waals surface area contributed by atoms with Crippen LogP contribution < -0.4 is 4.90 Å². The second-order valence-electron chi connectivity index (χ2n) is 6.55. The average molecular weight is 375 g/mol. The van der Waals surface area contributed by atoms with E-state index in [2.05, 4.69) is 0 Å². The predicted octanol–water partition coefficient (Wildman–Crippen LogP) is 4.00. The van der Waals surface area contributed by atoms with Gasteiger partial charge in [-0.2, -0.15) is 0 Å². The number of hydrogen-bond donors (Lipinski definition) is 0. The van der Waals surface area contributed by atoms with Gasteiger partial charge < -0.3 is 14.2 Å². The average Bonchev–Trinajstić information content (AvgIpc) is 3.30. The molecule has 2 heterocycles. The Morgan fingerprint density at radius 1 is 0.714 bits per heavy atom. The lowest BCUT2D eigenvalue weighted by atomic mass is 10.2. The van der Waals surface area contributed by atoms with E-state index in [4.69, 9.17) is 4.42 Å². The highest BCUT2D eigenvalue weighted by Crippen LogP contribution is 2.27. The Morgan fingerprint density at radius 2 is 1.25 bits per heavy atom. The topological polar surface area (TPSA) is 57.0 Å². The van der Waals surface area contributed by atoms with Gasteiger partial charge in [-0.15, -0.1) is 0 Å². The van der Waals surface area contributed by atoms with Crippen LogP contribution in [0.2, 0.25) is 0 Å². The number of hydrogen-bond acceptors (Lipinski definition) is 3. The molecule has 28 heavy (non-hydrogen) atoms. The van der Waals surface area contributed by atoms with Gasteiger partial charge in [-0.1, -0.05) is 36.4 Å². The van der Waals surface area contributed by atoms with Crippen LogP contribution in [0.1, 0.15) is 10.6 Å². The smallest absolute Gasteiger partial charge is 0.329 e. The minimum absolute atomic E-state index is 0.0949. The summed E-state index contributed by atoms with van der Waals surface area (Å²) < 4.78 is 5.20. The van der Waals surface area contributed by atoms with Gasteiger partial charge in [0.25, 0.3) is 5.91 Å². The molecule has 0 aliphatic carbocycles. The van der Waals surface area contributed by atoms with Gasteiger partial charge in [0, 0.05) is 26.2 Å². The first-order chi connectivity index (χ1) is 13.7. The minimum atomic E-state index is -0.139. The van der Waals surface area contributed by atoms with Crippen LogP contribution in [0.4, 0.5) is 16.2 Å². The van der Waals surface area contributed by atoms with E-state index in [9.17, 15) is 9.59 Å². The van der Waals surface area contributed by atoms with E-state index in [-0.39, 0.29) is 11.9 Å². The standard InChI is InChI=1S/C22H21N3O3/c26-21(20-12-7-17-28-20)23-13-15-24(16-14-23)22(27)25(18-8-3-1-4-9-18)19-10-5-2-6-11-19/h1-12,17H,13-16H2. The van der Waals surface area contributed by atoms with Crippen LogP contribution in [0.5, 0.6) is 0 Å². The number of amides is 3. The SMILES string of the molecule is O=C(c1ccco1)N1CCN(C(=O)N(c2ccccc2)c2ccccc2)CC1. The third kappa shape index (κ3) is 3.62. The molecule has 0 spiro atoms. The summed E-state index contributed by atoms with van der Waals surface area (Å²) in [5.41, 5.74) is 1.63. The lowest BCUT2D eigenvalue weighted by molar-refractivity contribution is 0.0638. The van der Waals surface area contributed by atoms with Crippen LogP contribution in [0.25, 0.3) is 0 Å². The lowest BCUT2D eigenvalue weighted by Crippen LogP contribution is -2.53. The fraction of sp³-hybridized carbons (Fsp3) is 0.182. The van der Waals surface area contributed by atoms with Crippen molar-refractivity contribution < 1.29 is 14.0 Å². The third-order valence-corrected chi connectivity index (χ3v) is 4.79. The van der Waals surface area contributed by atoms with Gasteiger partial charge in [-0.05, 0) is 36.4 Å². The number of benzene rings is 2. The number of piperazine rings is 1. The molecule has 4 rings (SSSR count). The predicted molar refractivity (Wildman–Crippen MR) is 107 cm³/mol. The Hall–Kier alpha value is -3.54. The number of furan rings is 1. The second-order valence-corrected chi connectivity index (χ2v) is 6.55. The molecule has 1 aromatic heterocycles. The maximum absolute atomic E-state index is 13.3. The van der Waals surface area contributed by atoms with Crippen molar-refractivity contribution >= 4 is 23.3 Å². The molecule has 0 saturated carbocycles. The highest BCUT2D eigenvalue weighted by atomic mass is 16.3. The highest BCUT2D eigenvalue weighted by molar-refractivity contribution is 5.99. The van der Waals surface area contributed by atoms with Crippen molar-refractivity contribution in [1.29, 1.82) is 0 Å². The molecule has 2 aromatic carbocycles. The summed E-state index contributed by atoms with van der Waals surface area (Å²) in [6.45, 7) is 1.90. The summed E-state index contributed by atoms with van der Waals surface area (Å²) in [5, 5.41) is 0. The van der Waals surface area contributed by atoms with Crippen LogP contribution in [-0.4, -0.2) is 47.9 Å². The Kier molecular flexibility index (Phi) is 5.10. The third-order valence-electron chi connectivity index (χ3n) is 4.79. The second kappa shape index (κ2) is 8.00. The highest BCUT2D eigenvalue weighted by Gasteiger charge is 2.29. The minimum Gasteiger partial charge on any atom is -0.459 e.